The maximum absolute atomic E-state index is 13.4. The molecule has 0 saturated heterocycles. The Hall–Kier alpha value is -2.54. The summed E-state index contributed by atoms with van der Waals surface area (Å²) < 4.78 is 13.4. The minimum Gasteiger partial charge on any atom is -0.396 e. The molecule has 1 heterocycles. The number of anilines is 3. The third kappa shape index (κ3) is 1.80. The number of hydrogen-bond acceptors (Lipinski definition) is 3. The lowest BCUT2D eigenvalue weighted by Gasteiger charge is -2.21. The molecule has 2 aromatic rings. The van der Waals surface area contributed by atoms with Gasteiger partial charge in [-0.15, -0.1) is 0 Å². The number of nitriles is 1. The van der Waals surface area contributed by atoms with E-state index in [0.717, 1.165) is 29.9 Å². The van der Waals surface area contributed by atoms with Crippen LogP contribution in [0.25, 0.3) is 0 Å². The SMILES string of the molecule is N#Cc1cccc(N2CCc3ccc(F)cc32)c1N. The molecule has 3 rings (SSSR count). The second-order valence-corrected chi connectivity index (χ2v) is 4.52. The lowest BCUT2D eigenvalue weighted by molar-refractivity contribution is 0.628. The first kappa shape index (κ1) is 11.5. The van der Waals surface area contributed by atoms with Crippen molar-refractivity contribution in [2.75, 3.05) is 17.2 Å². The maximum Gasteiger partial charge on any atom is 0.125 e. The molecular formula is C15H12FN3. The molecular weight excluding hydrogens is 241 g/mol. The van der Waals surface area contributed by atoms with Crippen molar-refractivity contribution in [2.45, 2.75) is 6.42 Å². The van der Waals surface area contributed by atoms with Crippen molar-refractivity contribution in [3.05, 3.63) is 53.3 Å². The first-order valence-corrected chi connectivity index (χ1v) is 6.05. The van der Waals surface area contributed by atoms with Crippen LogP contribution in [-0.4, -0.2) is 6.54 Å². The predicted octanol–water partition coefficient (Wildman–Crippen LogP) is 2.97. The second kappa shape index (κ2) is 4.29. The quantitative estimate of drug-likeness (QED) is 0.795. The molecule has 0 unspecified atom stereocenters. The van der Waals surface area contributed by atoms with E-state index < -0.39 is 0 Å². The molecule has 0 aromatic heterocycles. The summed E-state index contributed by atoms with van der Waals surface area (Å²) in [6.07, 6.45) is 0.853. The van der Waals surface area contributed by atoms with E-state index in [1.807, 2.05) is 11.0 Å². The van der Waals surface area contributed by atoms with Crippen LogP contribution in [0.1, 0.15) is 11.1 Å². The molecule has 2 aromatic carbocycles. The summed E-state index contributed by atoms with van der Waals surface area (Å²) in [4.78, 5) is 1.97. The van der Waals surface area contributed by atoms with Crippen LogP contribution in [0.2, 0.25) is 0 Å². The molecule has 0 bridgehead atoms. The van der Waals surface area contributed by atoms with Gasteiger partial charge in [-0.3, -0.25) is 0 Å². The molecule has 0 fully saturated rings. The number of nitrogens with zero attached hydrogens (tertiary/aromatic N) is 2. The normalized spacial score (nSPS) is 13.2. The topological polar surface area (TPSA) is 53.0 Å². The van der Waals surface area contributed by atoms with Crippen LogP contribution < -0.4 is 10.6 Å². The van der Waals surface area contributed by atoms with E-state index in [-0.39, 0.29) is 5.82 Å². The van der Waals surface area contributed by atoms with Crippen molar-refractivity contribution in [3.63, 3.8) is 0 Å². The Morgan fingerprint density at radius 2 is 2.05 bits per heavy atom. The van der Waals surface area contributed by atoms with Gasteiger partial charge in [0.1, 0.15) is 11.9 Å². The van der Waals surface area contributed by atoms with Crippen LogP contribution in [0.4, 0.5) is 21.5 Å². The van der Waals surface area contributed by atoms with Gasteiger partial charge in [0, 0.05) is 12.2 Å². The minimum absolute atomic E-state index is 0.263. The van der Waals surface area contributed by atoms with Crippen molar-refractivity contribution in [2.24, 2.45) is 0 Å². The third-order valence-corrected chi connectivity index (χ3v) is 3.44. The fourth-order valence-electron chi connectivity index (χ4n) is 2.49. The first-order valence-electron chi connectivity index (χ1n) is 6.05. The zero-order chi connectivity index (χ0) is 13.4. The highest BCUT2D eigenvalue weighted by Crippen LogP contribution is 2.38. The van der Waals surface area contributed by atoms with E-state index >= 15 is 0 Å². The number of benzene rings is 2. The summed E-state index contributed by atoms with van der Waals surface area (Å²) in [7, 11) is 0. The molecule has 1 aliphatic rings. The summed E-state index contributed by atoms with van der Waals surface area (Å²) in [6.45, 7) is 0.748. The standard InChI is InChI=1S/C15H12FN3/c16-12-5-4-10-6-7-19(14(10)8-12)13-3-1-2-11(9-17)15(13)18/h1-5,8H,6-7,18H2. The molecule has 0 radical (unpaired) electrons. The Kier molecular flexibility index (Phi) is 2.60. The van der Waals surface area contributed by atoms with Gasteiger partial charge in [-0.2, -0.15) is 5.26 Å². The number of para-hydroxylation sites is 1. The Morgan fingerprint density at radius 1 is 1.21 bits per heavy atom. The fraction of sp³-hybridized carbons (Fsp3) is 0.133. The first-order chi connectivity index (χ1) is 9.20. The molecule has 0 atom stereocenters. The van der Waals surface area contributed by atoms with E-state index in [4.69, 9.17) is 11.0 Å². The number of rotatable bonds is 1. The van der Waals surface area contributed by atoms with Gasteiger partial charge in [0.15, 0.2) is 0 Å². The number of halogens is 1. The predicted molar refractivity (Wildman–Crippen MR) is 72.7 cm³/mol. The largest absolute Gasteiger partial charge is 0.396 e. The van der Waals surface area contributed by atoms with Crippen LogP contribution in [0, 0.1) is 17.1 Å². The van der Waals surface area contributed by atoms with Crippen LogP contribution >= 0.6 is 0 Å². The molecule has 0 saturated carbocycles. The van der Waals surface area contributed by atoms with Crippen molar-refractivity contribution in [1.82, 2.24) is 0 Å². The molecule has 19 heavy (non-hydrogen) atoms. The van der Waals surface area contributed by atoms with Crippen molar-refractivity contribution in [1.29, 1.82) is 5.26 Å². The third-order valence-electron chi connectivity index (χ3n) is 3.44. The molecule has 2 N–H and O–H groups in total. The molecule has 0 amide bonds. The number of hydrogen-bond donors (Lipinski definition) is 1. The van der Waals surface area contributed by atoms with Gasteiger partial charge in [-0.25, -0.2) is 4.39 Å². The number of fused-ring (bicyclic) bond motifs is 1. The summed E-state index contributed by atoms with van der Waals surface area (Å²) >= 11 is 0. The van der Waals surface area contributed by atoms with Gasteiger partial charge in [0.05, 0.1) is 16.9 Å². The molecule has 0 spiro atoms. The summed E-state index contributed by atoms with van der Waals surface area (Å²) in [5.41, 5.74) is 9.61. The van der Waals surface area contributed by atoms with Crippen LogP contribution in [-0.2, 0) is 6.42 Å². The Bertz CT molecular complexity index is 688. The monoisotopic (exact) mass is 253 g/mol. The second-order valence-electron chi connectivity index (χ2n) is 4.52. The Morgan fingerprint density at radius 3 is 2.84 bits per heavy atom. The van der Waals surface area contributed by atoms with Gasteiger partial charge in [0.25, 0.3) is 0 Å². The highest BCUT2D eigenvalue weighted by atomic mass is 19.1. The van der Waals surface area contributed by atoms with Crippen molar-refractivity contribution < 1.29 is 4.39 Å². The van der Waals surface area contributed by atoms with Gasteiger partial charge in [0.2, 0.25) is 0 Å². The van der Waals surface area contributed by atoms with Gasteiger partial charge in [-0.1, -0.05) is 12.1 Å². The average Bonchev–Trinajstić information content (AvgIpc) is 2.82. The highest BCUT2D eigenvalue weighted by molar-refractivity contribution is 5.81. The van der Waals surface area contributed by atoms with E-state index in [1.165, 1.54) is 12.1 Å². The van der Waals surface area contributed by atoms with Crippen molar-refractivity contribution in [3.8, 4) is 6.07 Å². The van der Waals surface area contributed by atoms with Crippen LogP contribution in [0.3, 0.4) is 0 Å². The molecule has 0 aliphatic carbocycles. The molecule has 1 aliphatic heterocycles. The lowest BCUT2D eigenvalue weighted by Crippen LogP contribution is -2.15. The number of nitrogens with two attached hydrogens (primary N) is 1. The Balaban J connectivity index is 2.12. The summed E-state index contributed by atoms with van der Waals surface area (Å²) in [5, 5.41) is 9.02. The van der Waals surface area contributed by atoms with E-state index in [2.05, 4.69) is 6.07 Å². The highest BCUT2D eigenvalue weighted by Gasteiger charge is 2.23. The zero-order valence-corrected chi connectivity index (χ0v) is 10.2. The van der Waals surface area contributed by atoms with Crippen LogP contribution in [0.15, 0.2) is 36.4 Å². The molecule has 3 nitrogen and oxygen atoms in total. The van der Waals surface area contributed by atoms with Gasteiger partial charge >= 0.3 is 0 Å². The summed E-state index contributed by atoms with van der Waals surface area (Å²) in [5.74, 6) is -0.263. The summed E-state index contributed by atoms with van der Waals surface area (Å²) in [6, 6.07) is 12.2. The zero-order valence-electron chi connectivity index (χ0n) is 10.2. The fourth-order valence-corrected chi connectivity index (χ4v) is 2.49. The van der Waals surface area contributed by atoms with Gasteiger partial charge < -0.3 is 10.6 Å². The minimum atomic E-state index is -0.263. The smallest absolute Gasteiger partial charge is 0.125 e. The van der Waals surface area contributed by atoms with Crippen molar-refractivity contribution >= 4 is 17.1 Å². The van der Waals surface area contributed by atoms with E-state index in [1.54, 1.807) is 18.2 Å². The van der Waals surface area contributed by atoms with E-state index in [0.29, 0.717) is 11.3 Å². The number of nitrogen functional groups attached to an aromatic ring is 1. The Labute approximate surface area is 110 Å². The lowest BCUT2D eigenvalue weighted by atomic mass is 10.1. The maximum atomic E-state index is 13.4. The molecule has 94 valence electrons. The van der Waals surface area contributed by atoms with Crippen LogP contribution in [0.5, 0.6) is 0 Å². The molecule has 4 heteroatoms. The average molecular weight is 253 g/mol. The van der Waals surface area contributed by atoms with E-state index in [9.17, 15) is 4.39 Å². The van der Waals surface area contributed by atoms with Gasteiger partial charge in [-0.05, 0) is 36.2 Å².